The van der Waals surface area contributed by atoms with E-state index in [1.54, 1.807) is 0 Å². The number of para-hydroxylation sites is 2. The van der Waals surface area contributed by atoms with Crippen molar-refractivity contribution in [3.63, 3.8) is 0 Å². The molecule has 20 heavy (non-hydrogen) atoms. The lowest BCUT2D eigenvalue weighted by Gasteiger charge is -2.06. The Hall–Kier alpha value is -2.36. The Kier molecular flexibility index (Phi) is 4.71. The number of nitrogens with one attached hydrogen (secondary N) is 1. The van der Waals surface area contributed by atoms with Crippen molar-refractivity contribution in [3.8, 4) is 0 Å². The van der Waals surface area contributed by atoms with Crippen molar-refractivity contribution in [2.24, 2.45) is 0 Å². The molecule has 1 heterocycles. The monoisotopic (exact) mass is 269 g/mol. The average Bonchev–Trinajstić information content (AvgIpc) is 2.82. The first-order valence-electron chi connectivity index (χ1n) is 6.71. The van der Waals surface area contributed by atoms with Gasteiger partial charge in [-0.3, -0.25) is 4.79 Å². The SMILES string of the molecule is C=CCn1c(CCCNC(=O)C=C)nc2ccccc21. The number of allylic oxidation sites excluding steroid dienone is 1. The Balaban J connectivity index is 2.08. The number of hydrogen-bond acceptors (Lipinski definition) is 2. The summed E-state index contributed by atoms with van der Waals surface area (Å²) in [6.07, 6.45) is 4.82. The highest BCUT2D eigenvalue weighted by atomic mass is 16.1. The van der Waals surface area contributed by atoms with E-state index in [0.29, 0.717) is 6.54 Å². The molecule has 1 aromatic carbocycles. The van der Waals surface area contributed by atoms with Crippen molar-refractivity contribution in [2.45, 2.75) is 19.4 Å². The molecule has 2 rings (SSSR count). The number of nitrogens with zero attached hydrogens (tertiary/aromatic N) is 2. The standard InChI is InChI=1S/C16H19N3O/c1-3-12-19-14-9-6-5-8-13(14)18-15(19)10-7-11-17-16(20)4-2/h3-6,8-9H,1-2,7,10-12H2,(H,17,20). The molecular weight excluding hydrogens is 250 g/mol. The molecule has 0 aliphatic carbocycles. The van der Waals surface area contributed by atoms with Crippen LogP contribution in [0.2, 0.25) is 0 Å². The van der Waals surface area contributed by atoms with Crippen LogP contribution >= 0.6 is 0 Å². The molecule has 0 saturated carbocycles. The van der Waals surface area contributed by atoms with Gasteiger partial charge in [-0.2, -0.15) is 0 Å². The van der Waals surface area contributed by atoms with Crippen LogP contribution in [0.3, 0.4) is 0 Å². The van der Waals surface area contributed by atoms with Gasteiger partial charge < -0.3 is 9.88 Å². The van der Waals surface area contributed by atoms with E-state index in [1.165, 1.54) is 6.08 Å². The molecule has 0 radical (unpaired) electrons. The van der Waals surface area contributed by atoms with Crippen LogP contribution in [0.4, 0.5) is 0 Å². The number of aromatic nitrogens is 2. The van der Waals surface area contributed by atoms with Gasteiger partial charge in [-0.1, -0.05) is 24.8 Å². The third-order valence-corrected chi connectivity index (χ3v) is 3.11. The Morgan fingerprint density at radius 3 is 2.90 bits per heavy atom. The lowest BCUT2D eigenvalue weighted by Crippen LogP contribution is -2.22. The van der Waals surface area contributed by atoms with Crippen molar-refractivity contribution in [2.75, 3.05) is 6.54 Å². The van der Waals surface area contributed by atoms with Gasteiger partial charge in [0.05, 0.1) is 11.0 Å². The highest BCUT2D eigenvalue weighted by Crippen LogP contribution is 2.17. The van der Waals surface area contributed by atoms with E-state index in [1.807, 2.05) is 24.3 Å². The first-order valence-corrected chi connectivity index (χ1v) is 6.71. The predicted octanol–water partition coefficient (Wildman–Crippen LogP) is 2.46. The topological polar surface area (TPSA) is 46.9 Å². The van der Waals surface area contributed by atoms with Crippen molar-refractivity contribution in [1.82, 2.24) is 14.9 Å². The molecule has 0 bridgehead atoms. The van der Waals surface area contributed by atoms with Gasteiger partial charge in [0.2, 0.25) is 5.91 Å². The van der Waals surface area contributed by atoms with Gasteiger partial charge in [0.25, 0.3) is 0 Å². The lowest BCUT2D eigenvalue weighted by molar-refractivity contribution is -0.116. The second-order valence-electron chi connectivity index (χ2n) is 4.51. The summed E-state index contributed by atoms with van der Waals surface area (Å²) in [7, 11) is 0. The first-order chi connectivity index (χ1) is 9.76. The Bertz CT molecular complexity index is 628. The minimum atomic E-state index is -0.135. The fraction of sp³-hybridized carbons (Fsp3) is 0.250. The van der Waals surface area contributed by atoms with Gasteiger partial charge in [0.15, 0.2) is 0 Å². The Morgan fingerprint density at radius 1 is 1.35 bits per heavy atom. The van der Waals surface area contributed by atoms with Gasteiger partial charge in [-0.05, 0) is 24.6 Å². The molecule has 1 N–H and O–H groups in total. The average molecular weight is 269 g/mol. The molecule has 1 aromatic heterocycles. The summed E-state index contributed by atoms with van der Waals surface area (Å²) < 4.78 is 2.16. The van der Waals surface area contributed by atoms with Crippen molar-refractivity contribution in [1.29, 1.82) is 0 Å². The maximum Gasteiger partial charge on any atom is 0.243 e. The molecule has 0 spiro atoms. The number of fused-ring (bicyclic) bond motifs is 1. The molecule has 1 amide bonds. The summed E-state index contributed by atoms with van der Waals surface area (Å²) in [4.78, 5) is 15.7. The highest BCUT2D eigenvalue weighted by molar-refractivity contribution is 5.86. The van der Waals surface area contributed by atoms with Crippen molar-refractivity contribution >= 4 is 16.9 Å². The molecular formula is C16H19N3O. The fourth-order valence-corrected chi connectivity index (χ4v) is 2.18. The molecule has 4 heteroatoms. The van der Waals surface area contributed by atoms with E-state index >= 15 is 0 Å². The number of hydrogen-bond donors (Lipinski definition) is 1. The molecule has 104 valence electrons. The van der Waals surface area contributed by atoms with Gasteiger partial charge in [-0.15, -0.1) is 6.58 Å². The zero-order valence-corrected chi connectivity index (χ0v) is 11.5. The van der Waals surface area contributed by atoms with Crippen molar-refractivity contribution < 1.29 is 4.79 Å². The summed E-state index contributed by atoms with van der Waals surface area (Å²) in [6.45, 7) is 8.59. The van der Waals surface area contributed by atoms with Gasteiger partial charge in [0, 0.05) is 19.5 Å². The summed E-state index contributed by atoms with van der Waals surface area (Å²) in [6, 6.07) is 8.08. The van der Waals surface area contributed by atoms with Gasteiger partial charge in [-0.25, -0.2) is 4.98 Å². The second kappa shape index (κ2) is 6.70. The zero-order chi connectivity index (χ0) is 14.4. The summed E-state index contributed by atoms with van der Waals surface area (Å²) in [5.41, 5.74) is 2.12. The fourth-order valence-electron chi connectivity index (χ4n) is 2.18. The zero-order valence-electron chi connectivity index (χ0n) is 11.5. The Labute approximate surface area is 118 Å². The van der Waals surface area contributed by atoms with Crippen LogP contribution in [-0.4, -0.2) is 22.0 Å². The van der Waals surface area contributed by atoms with Crippen LogP contribution in [0.5, 0.6) is 0 Å². The first kappa shape index (κ1) is 14.1. The number of benzene rings is 1. The number of carbonyl (C=O) groups excluding carboxylic acids is 1. The summed E-state index contributed by atoms with van der Waals surface area (Å²) in [5, 5.41) is 2.77. The van der Waals surface area contributed by atoms with Crippen LogP contribution in [0.25, 0.3) is 11.0 Å². The summed E-state index contributed by atoms with van der Waals surface area (Å²) >= 11 is 0. The maximum absolute atomic E-state index is 11.1. The molecule has 0 atom stereocenters. The molecule has 4 nitrogen and oxygen atoms in total. The third kappa shape index (κ3) is 3.15. The predicted molar refractivity (Wildman–Crippen MR) is 81.5 cm³/mol. The van der Waals surface area contributed by atoms with Gasteiger partial charge >= 0.3 is 0 Å². The number of imidazole rings is 1. The number of carbonyl (C=O) groups is 1. The third-order valence-electron chi connectivity index (χ3n) is 3.11. The van der Waals surface area contributed by atoms with Crippen LogP contribution in [0.1, 0.15) is 12.2 Å². The van der Waals surface area contributed by atoms with Crippen LogP contribution < -0.4 is 5.32 Å². The minimum absolute atomic E-state index is 0.135. The van der Waals surface area contributed by atoms with Crippen molar-refractivity contribution in [3.05, 3.63) is 55.4 Å². The van der Waals surface area contributed by atoms with E-state index in [9.17, 15) is 4.79 Å². The Morgan fingerprint density at radius 2 is 2.15 bits per heavy atom. The number of amides is 1. The van der Waals surface area contributed by atoms with E-state index in [0.717, 1.165) is 36.2 Å². The normalized spacial score (nSPS) is 10.4. The van der Waals surface area contributed by atoms with Crippen LogP contribution in [0, 0.1) is 0 Å². The van der Waals surface area contributed by atoms with Gasteiger partial charge in [0.1, 0.15) is 5.82 Å². The van der Waals surface area contributed by atoms with E-state index in [2.05, 4.69) is 34.1 Å². The van der Waals surface area contributed by atoms with E-state index in [4.69, 9.17) is 0 Å². The molecule has 0 aliphatic heterocycles. The van der Waals surface area contributed by atoms with E-state index in [-0.39, 0.29) is 5.91 Å². The molecule has 0 saturated heterocycles. The lowest BCUT2D eigenvalue weighted by atomic mass is 10.3. The summed E-state index contributed by atoms with van der Waals surface area (Å²) in [5.74, 6) is 0.892. The molecule has 0 fully saturated rings. The quantitative estimate of drug-likeness (QED) is 0.477. The highest BCUT2D eigenvalue weighted by Gasteiger charge is 2.08. The molecule has 0 aliphatic rings. The number of aryl methyl sites for hydroxylation is 1. The number of rotatable bonds is 7. The van der Waals surface area contributed by atoms with E-state index < -0.39 is 0 Å². The minimum Gasteiger partial charge on any atom is -0.353 e. The molecule has 2 aromatic rings. The van der Waals surface area contributed by atoms with Crippen LogP contribution in [-0.2, 0) is 17.8 Å². The largest absolute Gasteiger partial charge is 0.353 e. The smallest absolute Gasteiger partial charge is 0.243 e. The van der Waals surface area contributed by atoms with Crippen LogP contribution in [0.15, 0.2) is 49.6 Å². The second-order valence-corrected chi connectivity index (χ2v) is 4.51. The molecule has 0 unspecified atom stereocenters. The maximum atomic E-state index is 11.1.